The number of hydrogen-bond acceptors (Lipinski definition) is 6. The summed E-state index contributed by atoms with van der Waals surface area (Å²) in [5, 5.41) is 0.838. The van der Waals surface area contributed by atoms with E-state index >= 15 is 0 Å². The van der Waals surface area contributed by atoms with Crippen molar-refractivity contribution in [3.8, 4) is 0 Å². The van der Waals surface area contributed by atoms with Crippen molar-refractivity contribution in [2.24, 2.45) is 0 Å². The maximum atomic E-state index is 12.4. The summed E-state index contributed by atoms with van der Waals surface area (Å²) in [6.45, 7) is 2.96. The molecule has 8 nitrogen and oxygen atoms in total. The minimum Gasteiger partial charge on any atom is -0.459 e. The molecule has 2 heterocycles. The first kappa shape index (κ1) is 18.1. The van der Waals surface area contributed by atoms with Gasteiger partial charge in [0.15, 0.2) is 12.4 Å². The molecule has 0 aliphatic carbocycles. The maximum Gasteiger partial charge on any atom is 0.340 e. The van der Waals surface area contributed by atoms with Crippen LogP contribution in [0.3, 0.4) is 0 Å². The van der Waals surface area contributed by atoms with E-state index in [1.807, 2.05) is 24.3 Å². The zero-order valence-electron chi connectivity index (χ0n) is 14.7. The molecule has 2 amide bonds. The fraction of sp³-hybridized carbons (Fsp3) is 0.158. The molecule has 8 heteroatoms. The number of benzene rings is 1. The van der Waals surface area contributed by atoms with Crippen molar-refractivity contribution in [1.82, 2.24) is 15.8 Å². The van der Waals surface area contributed by atoms with Gasteiger partial charge in [-0.25, -0.2) is 4.79 Å². The molecule has 1 aromatic carbocycles. The van der Waals surface area contributed by atoms with Gasteiger partial charge in [0.2, 0.25) is 0 Å². The minimum atomic E-state index is -0.688. The van der Waals surface area contributed by atoms with E-state index in [1.165, 1.54) is 12.3 Å². The summed E-state index contributed by atoms with van der Waals surface area (Å²) in [4.78, 5) is 40.3. The molecule has 0 aliphatic heterocycles. The van der Waals surface area contributed by atoms with Gasteiger partial charge in [0.05, 0.1) is 23.0 Å². The number of aryl methyl sites for hydroxylation is 2. The standard InChI is InChI=1S/C19H17N3O5/c1-11-13-6-3-4-7-14(13)20-12(2)17(11)19(25)27-10-16(23)21-22-18(24)15-8-5-9-26-15/h3-9H,10H2,1-2H3,(H,21,23)(H,22,24). The number of rotatable bonds is 4. The first-order chi connectivity index (χ1) is 13.0. The first-order valence-electron chi connectivity index (χ1n) is 8.13. The lowest BCUT2D eigenvalue weighted by atomic mass is 10.0. The molecule has 0 radical (unpaired) electrons. The van der Waals surface area contributed by atoms with E-state index in [9.17, 15) is 14.4 Å². The molecule has 0 fully saturated rings. The number of aromatic nitrogens is 1. The van der Waals surface area contributed by atoms with E-state index in [0.29, 0.717) is 11.3 Å². The first-order valence-corrected chi connectivity index (χ1v) is 8.13. The lowest BCUT2D eigenvalue weighted by Gasteiger charge is -2.12. The summed E-state index contributed by atoms with van der Waals surface area (Å²) in [5.74, 6) is -1.92. The molecule has 0 unspecified atom stereocenters. The van der Waals surface area contributed by atoms with Gasteiger partial charge in [0.25, 0.3) is 5.91 Å². The Morgan fingerprint density at radius 2 is 1.85 bits per heavy atom. The number of nitrogens with zero attached hydrogens (tertiary/aromatic N) is 1. The van der Waals surface area contributed by atoms with Crippen molar-refractivity contribution in [2.75, 3.05) is 6.61 Å². The average Bonchev–Trinajstić information content (AvgIpc) is 3.19. The van der Waals surface area contributed by atoms with Crippen LogP contribution in [-0.4, -0.2) is 29.4 Å². The van der Waals surface area contributed by atoms with Gasteiger partial charge in [-0.05, 0) is 37.6 Å². The van der Waals surface area contributed by atoms with Crippen molar-refractivity contribution in [2.45, 2.75) is 13.8 Å². The summed E-state index contributed by atoms with van der Waals surface area (Å²) in [7, 11) is 0. The molecule has 3 aromatic rings. The maximum absolute atomic E-state index is 12.4. The molecule has 0 saturated heterocycles. The van der Waals surface area contributed by atoms with Crippen LogP contribution in [0.2, 0.25) is 0 Å². The van der Waals surface area contributed by atoms with Crippen LogP contribution in [0.25, 0.3) is 10.9 Å². The summed E-state index contributed by atoms with van der Waals surface area (Å²) in [6.07, 6.45) is 1.33. The Kier molecular flexibility index (Phi) is 5.16. The van der Waals surface area contributed by atoms with Gasteiger partial charge in [-0.2, -0.15) is 0 Å². The third-order valence-corrected chi connectivity index (χ3v) is 3.93. The van der Waals surface area contributed by atoms with Crippen LogP contribution in [-0.2, 0) is 9.53 Å². The van der Waals surface area contributed by atoms with Crippen LogP contribution < -0.4 is 10.9 Å². The quantitative estimate of drug-likeness (QED) is 0.539. The predicted octanol–water partition coefficient (Wildman–Crippen LogP) is 2.06. The van der Waals surface area contributed by atoms with Gasteiger partial charge in [0, 0.05) is 5.39 Å². The molecule has 0 aliphatic rings. The summed E-state index contributed by atoms with van der Waals surface area (Å²) < 4.78 is 9.95. The number of ether oxygens (including phenoxy) is 1. The van der Waals surface area contributed by atoms with Crippen LogP contribution in [0.1, 0.15) is 32.2 Å². The van der Waals surface area contributed by atoms with E-state index in [1.54, 1.807) is 19.9 Å². The Morgan fingerprint density at radius 3 is 2.59 bits per heavy atom. The highest BCUT2D eigenvalue weighted by Crippen LogP contribution is 2.23. The number of carbonyl (C=O) groups excluding carboxylic acids is 3. The number of amides is 2. The normalized spacial score (nSPS) is 10.4. The highest BCUT2D eigenvalue weighted by Gasteiger charge is 2.19. The lowest BCUT2D eigenvalue weighted by molar-refractivity contribution is -0.125. The molecule has 27 heavy (non-hydrogen) atoms. The van der Waals surface area contributed by atoms with E-state index in [-0.39, 0.29) is 5.76 Å². The number of hydrazine groups is 1. The number of furan rings is 1. The van der Waals surface area contributed by atoms with Crippen molar-refractivity contribution in [1.29, 1.82) is 0 Å². The second-order valence-electron chi connectivity index (χ2n) is 5.77. The van der Waals surface area contributed by atoms with Gasteiger partial charge in [-0.3, -0.25) is 25.4 Å². The van der Waals surface area contributed by atoms with Crippen molar-refractivity contribution < 1.29 is 23.5 Å². The Hall–Kier alpha value is -3.68. The van der Waals surface area contributed by atoms with Crippen LogP contribution in [0.5, 0.6) is 0 Å². The van der Waals surface area contributed by atoms with Crippen LogP contribution in [0.15, 0.2) is 47.1 Å². The highest BCUT2D eigenvalue weighted by atomic mass is 16.5. The van der Waals surface area contributed by atoms with E-state index < -0.39 is 24.4 Å². The third-order valence-electron chi connectivity index (χ3n) is 3.93. The topological polar surface area (TPSA) is 111 Å². The number of carbonyl (C=O) groups is 3. The number of esters is 1. The monoisotopic (exact) mass is 367 g/mol. The molecule has 0 atom stereocenters. The number of hydrogen-bond donors (Lipinski definition) is 2. The molecule has 2 aromatic heterocycles. The molecular formula is C19H17N3O5. The third kappa shape index (κ3) is 3.95. The van der Waals surface area contributed by atoms with Crippen LogP contribution in [0.4, 0.5) is 0 Å². The average molecular weight is 367 g/mol. The van der Waals surface area contributed by atoms with Crippen LogP contribution in [0, 0.1) is 13.8 Å². The zero-order chi connectivity index (χ0) is 19.4. The number of nitrogens with one attached hydrogen (secondary N) is 2. The number of pyridine rings is 1. The van der Waals surface area contributed by atoms with Crippen LogP contribution >= 0.6 is 0 Å². The van der Waals surface area contributed by atoms with E-state index in [0.717, 1.165) is 16.5 Å². The van der Waals surface area contributed by atoms with Gasteiger partial charge < -0.3 is 9.15 Å². The van der Waals surface area contributed by atoms with E-state index in [4.69, 9.17) is 9.15 Å². The van der Waals surface area contributed by atoms with Crippen molar-refractivity contribution in [3.05, 3.63) is 65.2 Å². The fourth-order valence-corrected chi connectivity index (χ4v) is 2.67. The second-order valence-corrected chi connectivity index (χ2v) is 5.77. The number of para-hydroxylation sites is 1. The SMILES string of the molecule is Cc1nc2ccccc2c(C)c1C(=O)OCC(=O)NNC(=O)c1ccco1. The van der Waals surface area contributed by atoms with E-state index in [2.05, 4.69) is 15.8 Å². The molecular weight excluding hydrogens is 350 g/mol. The number of fused-ring (bicyclic) bond motifs is 1. The Balaban J connectivity index is 1.61. The fourth-order valence-electron chi connectivity index (χ4n) is 2.67. The zero-order valence-corrected chi connectivity index (χ0v) is 14.7. The molecule has 138 valence electrons. The van der Waals surface area contributed by atoms with Gasteiger partial charge in [0.1, 0.15) is 0 Å². The van der Waals surface area contributed by atoms with Gasteiger partial charge in [-0.15, -0.1) is 0 Å². The summed E-state index contributed by atoms with van der Waals surface area (Å²) in [6, 6.07) is 10.4. The van der Waals surface area contributed by atoms with Crippen molar-refractivity contribution >= 4 is 28.7 Å². The minimum absolute atomic E-state index is 0.0424. The largest absolute Gasteiger partial charge is 0.459 e. The summed E-state index contributed by atoms with van der Waals surface area (Å²) in [5.41, 5.74) is 6.65. The predicted molar refractivity (Wildman–Crippen MR) is 95.8 cm³/mol. The molecule has 2 N–H and O–H groups in total. The molecule has 0 spiro atoms. The Labute approximate surface area is 154 Å². The lowest BCUT2D eigenvalue weighted by Crippen LogP contribution is -2.43. The van der Waals surface area contributed by atoms with Crippen molar-refractivity contribution in [3.63, 3.8) is 0 Å². The van der Waals surface area contributed by atoms with Gasteiger partial charge >= 0.3 is 11.9 Å². The van der Waals surface area contributed by atoms with Gasteiger partial charge in [-0.1, -0.05) is 18.2 Å². The Morgan fingerprint density at radius 1 is 1.07 bits per heavy atom. The second kappa shape index (κ2) is 7.69. The smallest absolute Gasteiger partial charge is 0.340 e. The Bertz CT molecular complexity index is 1010. The molecule has 0 bridgehead atoms. The molecule has 0 saturated carbocycles. The summed E-state index contributed by atoms with van der Waals surface area (Å²) >= 11 is 0. The highest BCUT2D eigenvalue weighted by molar-refractivity contribution is 5.99. The molecule has 3 rings (SSSR count).